The molecule has 2 atom stereocenters. The maximum atomic E-state index is 12.3. The number of piperidine rings is 1. The van der Waals surface area contributed by atoms with Gasteiger partial charge in [0.05, 0.1) is 16.7 Å². The van der Waals surface area contributed by atoms with Gasteiger partial charge in [0.2, 0.25) is 0 Å². The Balaban J connectivity index is 1.93. The number of benzene rings is 1. The zero-order valence-corrected chi connectivity index (χ0v) is 11.0. The van der Waals surface area contributed by atoms with Crippen LogP contribution in [-0.2, 0) is 4.79 Å². The molecule has 110 valence electrons. The molecular weight excluding hydrogens is 278 g/mol. The fourth-order valence-electron chi connectivity index (χ4n) is 2.80. The van der Waals surface area contributed by atoms with Crippen LogP contribution >= 0.6 is 0 Å². The van der Waals surface area contributed by atoms with Crippen molar-refractivity contribution in [2.45, 2.75) is 25.0 Å². The Morgan fingerprint density at radius 1 is 1.24 bits per heavy atom. The third-order valence-electron chi connectivity index (χ3n) is 3.83. The lowest BCUT2D eigenvalue weighted by molar-refractivity contribution is -0.384. The minimum atomic E-state index is -0.863. The van der Waals surface area contributed by atoms with E-state index in [1.165, 1.54) is 29.2 Å². The second-order valence-electron chi connectivity index (χ2n) is 5.08. The normalized spacial score (nSPS) is 25.2. The number of nitro benzene ring substituents is 1. The van der Waals surface area contributed by atoms with E-state index < -0.39 is 29.0 Å². The highest BCUT2D eigenvalue weighted by molar-refractivity contribution is 6.21. The van der Waals surface area contributed by atoms with Gasteiger partial charge in [-0.05, 0) is 25.0 Å². The lowest BCUT2D eigenvalue weighted by Gasteiger charge is -2.30. The maximum absolute atomic E-state index is 12.3. The Morgan fingerprint density at radius 2 is 1.90 bits per heavy atom. The van der Waals surface area contributed by atoms with Crippen LogP contribution in [0.2, 0.25) is 0 Å². The van der Waals surface area contributed by atoms with Crippen molar-refractivity contribution in [3.05, 3.63) is 34.4 Å². The van der Waals surface area contributed by atoms with Gasteiger partial charge in [0, 0.05) is 18.7 Å². The molecule has 3 amide bonds. The van der Waals surface area contributed by atoms with Crippen LogP contribution in [0.25, 0.3) is 0 Å². The lowest BCUT2D eigenvalue weighted by atomic mass is 10.00. The maximum Gasteiger partial charge on any atom is 0.332 e. The Hall–Kier alpha value is -2.48. The van der Waals surface area contributed by atoms with Crippen LogP contribution in [0.3, 0.4) is 0 Å². The summed E-state index contributed by atoms with van der Waals surface area (Å²) in [5, 5.41) is 20.5. The van der Waals surface area contributed by atoms with Crippen molar-refractivity contribution in [1.29, 1.82) is 0 Å². The number of amides is 3. The van der Waals surface area contributed by atoms with E-state index in [1.54, 1.807) is 0 Å². The summed E-state index contributed by atoms with van der Waals surface area (Å²) in [6, 6.07) is 3.86. The first-order chi connectivity index (χ1) is 10.0. The Bertz CT molecular complexity index is 615. The molecule has 0 radical (unpaired) electrons. The number of imide groups is 1. The average Bonchev–Trinajstić information content (AvgIpc) is 2.72. The smallest absolute Gasteiger partial charge is 0.332 e. The van der Waals surface area contributed by atoms with Crippen LogP contribution in [-0.4, -0.2) is 45.6 Å². The lowest BCUT2D eigenvalue weighted by Crippen LogP contribution is -2.48. The van der Waals surface area contributed by atoms with Gasteiger partial charge in [-0.1, -0.05) is 0 Å². The fraction of sp³-hybridized carbons (Fsp3) is 0.385. The zero-order valence-electron chi connectivity index (χ0n) is 11.0. The number of aliphatic hydroxyl groups excluding tert-OH is 1. The molecular formula is C13H13N3O5. The van der Waals surface area contributed by atoms with Crippen molar-refractivity contribution in [3.8, 4) is 0 Å². The topological polar surface area (TPSA) is 104 Å². The fourth-order valence-corrected chi connectivity index (χ4v) is 2.80. The molecule has 2 heterocycles. The summed E-state index contributed by atoms with van der Waals surface area (Å²) in [6.45, 7) is 0.426. The standard InChI is InChI=1S/C13H13N3O5/c17-10-2-1-7-14-11(10)12(18)15(13(14)19)8-3-5-9(6-4-8)16(20)21/h3-6,10-11,17H,1-2,7H2/t10-,11+/m1/s1. The molecule has 0 spiro atoms. The van der Waals surface area contributed by atoms with Gasteiger partial charge >= 0.3 is 6.03 Å². The van der Waals surface area contributed by atoms with E-state index in [0.717, 1.165) is 4.90 Å². The number of fused-ring (bicyclic) bond motifs is 1. The monoisotopic (exact) mass is 291 g/mol. The second kappa shape index (κ2) is 4.81. The van der Waals surface area contributed by atoms with E-state index in [0.29, 0.717) is 19.4 Å². The number of non-ortho nitro benzene ring substituents is 1. The molecule has 2 aliphatic heterocycles. The number of hydrogen-bond donors (Lipinski definition) is 1. The van der Waals surface area contributed by atoms with Crippen molar-refractivity contribution in [2.24, 2.45) is 0 Å². The highest BCUT2D eigenvalue weighted by atomic mass is 16.6. The summed E-state index contributed by atoms with van der Waals surface area (Å²) in [6.07, 6.45) is 0.261. The van der Waals surface area contributed by atoms with Crippen LogP contribution in [0.5, 0.6) is 0 Å². The van der Waals surface area contributed by atoms with Crippen LogP contribution in [0.4, 0.5) is 16.2 Å². The summed E-state index contributed by atoms with van der Waals surface area (Å²) in [5.41, 5.74) is 0.160. The SMILES string of the molecule is O=C1[C@@H]2[C@H](O)CCCN2C(=O)N1c1ccc([N+](=O)[O-])cc1. The molecule has 2 fully saturated rings. The Labute approximate surface area is 119 Å². The number of anilines is 1. The Kier molecular flexibility index (Phi) is 3.09. The van der Waals surface area contributed by atoms with Gasteiger partial charge in [-0.2, -0.15) is 0 Å². The van der Waals surface area contributed by atoms with Crippen molar-refractivity contribution >= 4 is 23.3 Å². The van der Waals surface area contributed by atoms with Gasteiger partial charge in [-0.15, -0.1) is 0 Å². The molecule has 0 aromatic heterocycles. The van der Waals surface area contributed by atoms with Crippen LogP contribution < -0.4 is 4.90 Å². The van der Waals surface area contributed by atoms with Gasteiger partial charge in [0.15, 0.2) is 0 Å². The molecule has 2 aliphatic rings. The van der Waals surface area contributed by atoms with Gasteiger partial charge < -0.3 is 10.0 Å². The molecule has 0 bridgehead atoms. The van der Waals surface area contributed by atoms with E-state index in [9.17, 15) is 24.8 Å². The molecule has 2 saturated heterocycles. The molecule has 8 nitrogen and oxygen atoms in total. The largest absolute Gasteiger partial charge is 0.390 e. The highest BCUT2D eigenvalue weighted by Gasteiger charge is 2.50. The minimum Gasteiger partial charge on any atom is -0.390 e. The first kappa shape index (κ1) is 13.5. The van der Waals surface area contributed by atoms with Crippen LogP contribution in [0.15, 0.2) is 24.3 Å². The van der Waals surface area contributed by atoms with E-state index in [-0.39, 0.29) is 11.4 Å². The van der Waals surface area contributed by atoms with E-state index >= 15 is 0 Å². The number of rotatable bonds is 2. The first-order valence-electron chi connectivity index (χ1n) is 6.58. The summed E-state index contributed by atoms with van der Waals surface area (Å²) in [4.78, 5) is 37.1. The van der Waals surface area contributed by atoms with E-state index in [4.69, 9.17) is 0 Å². The molecule has 0 saturated carbocycles. The number of urea groups is 1. The predicted octanol–water partition coefficient (Wildman–Crippen LogP) is 0.887. The number of aliphatic hydroxyl groups is 1. The van der Waals surface area contributed by atoms with Gasteiger partial charge in [0.25, 0.3) is 11.6 Å². The molecule has 21 heavy (non-hydrogen) atoms. The number of hydrogen-bond acceptors (Lipinski definition) is 5. The van der Waals surface area contributed by atoms with Crippen LogP contribution in [0, 0.1) is 10.1 Å². The zero-order chi connectivity index (χ0) is 15.1. The van der Waals surface area contributed by atoms with Crippen molar-refractivity contribution in [1.82, 2.24) is 4.90 Å². The summed E-state index contributed by atoms with van der Waals surface area (Å²) < 4.78 is 0. The molecule has 0 unspecified atom stereocenters. The average molecular weight is 291 g/mol. The number of nitrogens with zero attached hydrogens (tertiary/aromatic N) is 3. The van der Waals surface area contributed by atoms with E-state index in [1.807, 2.05) is 0 Å². The molecule has 1 aromatic carbocycles. The third kappa shape index (κ3) is 2.04. The summed E-state index contributed by atoms with van der Waals surface area (Å²) in [7, 11) is 0. The van der Waals surface area contributed by atoms with Gasteiger partial charge in [-0.3, -0.25) is 14.9 Å². The molecule has 3 rings (SSSR count). The quantitative estimate of drug-likeness (QED) is 0.495. The van der Waals surface area contributed by atoms with Crippen LogP contribution in [0.1, 0.15) is 12.8 Å². The third-order valence-corrected chi connectivity index (χ3v) is 3.83. The highest BCUT2D eigenvalue weighted by Crippen LogP contribution is 2.31. The molecule has 1 aromatic rings. The number of carbonyl (C=O) groups is 2. The minimum absolute atomic E-state index is 0.115. The first-order valence-corrected chi connectivity index (χ1v) is 6.58. The molecule has 0 aliphatic carbocycles. The molecule has 1 N–H and O–H groups in total. The predicted molar refractivity (Wildman–Crippen MR) is 71.7 cm³/mol. The molecule has 8 heteroatoms. The van der Waals surface area contributed by atoms with Crippen molar-refractivity contribution in [3.63, 3.8) is 0 Å². The van der Waals surface area contributed by atoms with E-state index in [2.05, 4.69) is 0 Å². The Morgan fingerprint density at radius 3 is 2.48 bits per heavy atom. The van der Waals surface area contributed by atoms with Crippen molar-refractivity contribution in [2.75, 3.05) is 11.4 Å². The van der Waals surface area contributed by atoms with Crippen molar-refractivity contribution < 1.29 is 19.6 Å². The van der Waals surface area contributed by atoms with Gasteiger partial charge in [-0.25, -0.2) is 9.69 Å². The number of carbonyl (C=O) groups excluding carboxylic acids is 2. The van der Waals surface area contributed by atoms with Gasteiger partial charge in [0.1, 0.15) is 6.04 Å². The summed E-state index contributed by atoms with van der Waals surface area (Å²) in [5.74, 6) is -0.485. The summed E-state index contributed by atoms with van der Waals surface area (Å²) >= 11 is 0. The second-order valence-corrected chi connectivity index (χ2v) is 5.08. The number of nitro groups is 1.